The third-order valence-corrected chi connectivity index (χ3v) is 5.10. The summed E-state index contributed by atoms with van der Waals surface area (Å²) in [6.07, 6.45) is 5.03. The van der Waals surface area contributed by atoms with E-state index in [9.17, 15) is 0 Å². The molecule has 152 valence electrons. The molecule has 0 atom stereocenters. The van der Waals surface area contributed by atoms with Gasteiger partial charge in [-0.15, -0.1) is 0 Å². The van der Waals surface area contributed by atoms with Gasteiger partial charge in [0.15, 0.2) is 11.5 Å². The molecule has 1 aliphatic rings. The second kappa shape index (κ2) is 9.58. The summed E-state index contributed by atoms with van der Waals surface area (Å²) in [7, 11) is 1.67. The number of methoxy groups -OCH3 is 1. The number of nitrogens with zero attached hydrogens (tertiary/aromatic N) is 2. The van der Waals surface area contributed by atoms with Crippen molar-refractivity contribution in [2.75, 3.05) is 46.6 Å². The van der Waals surface area contributed by atoms with Crippen molar-refractivity contribution in [2.45, 2.75) is 6.42 Å². The minimum absolute atomic E-state index is 0.669. The predicted octanol–water partition coefficient (Wildman–Crippen LogP) is 3.84. The van der Waals surface area contributed by atoms with E-state index in [1.54, 1.807) is 7.11 Å². The number of aromatic nitrogens is 2. The zero-order valence-corrected chi connectivity index (χ0v) is 16.8. The third-order valence-electron chi connectivity index (χ3n) is 5.10. The number of aromatic amines is 1. The summed E-state index contributed by atoms with van der Waals surface area (Å²) in [4.78, 5) is 2.41. The Morgan fingerprint density at radius 1 is 1.10 bits per heavy atom. The number of fused-ring (bicyclic) bond motifs is 1. The zero-order chi connectivity index (χ0) is 19.9. The quantitative estimate of drug-likeness (QED) is 0.589. The topological polar surface area (TPSA) is 59.6 Å². The molecule has 4 rings (SSSR count). The number of morpholine rings is 1. The average Bonchev–Trinajstić information content (AvgIpc) is 3.19. The molecule has 1 fully saturated rings. The summed E-state index contributed by atoms with van der Waals surface area (Å²) in [5.74, 6) is 1.52. The van der Waals surface area contributed by atoms with Gasteiger partial charge < -0.3 is 14.2 Å². The molecule has 0 radical (unpaired) electrons. The summed E-state index contributed by atoms with van der Waals surface area (Å²) in [5.41, 5.74) is 2.99. The Morgan fingerprint density at radius 2 is 1.97 bits per heavy atom. The lowest BCUT2D eigenvalue weighted by atomic mass is 10.1. The van der Waals surface area contributed by atoms with Crippen molar-refractivity contribution in [2.24, 2.45) is 0 Å². The first-order chi connectivity index (χ1) is 14.3. The van der Waals surface area contributed by atoms with Crippen molar-refractivity contribution < 1.29 is 14.2 Å². The molecular weight excluding hydrogens is 366 g/mol. The van der Waals surface area contributed by atoms with E-state index in [4.69, 9.17) is 14.2 Å². The van der Waals surface area contributed by atoms with Gasteiger partial charge in [-0.05, 0) is 36.3 Å². The Hall–Kier alpha value is -2.83. The summed E-state index contributed by atoms with van der Waals surface area (Å²) in [6.45, 7) is 5.38. The summed E-state index contributed by atoms with van der Waals surface area (Å²) >= 11 is 0. The average molecular weight is 393 g/mol. The van der Waals surface area contributed by atoms with E-state index >= 15 is 0 Å². The SMILES string of the molecule is COc1cc(/C=C/c2n[nH]c3ccccc23)ccc1OCCCN1CCOCC1. The highest BCUT2D eigenvalue weighted by molar-refractivity contribution is 5.89. The van der Waals surface area contributed by atoms with E-state index in [2.05, 4.69) is 21.2 Å². The molecule has 1 saturated heterocycles. The molecule has 1 N–H and O–H groups in total. The van der Waals surface area contributed by atoms with E-state index in [1.165, 1.54) is 0 Å². The minimum Gasteiger partial charge on any atom is -0.493 e. The smallest absolute Gasteiger partial charge is 0.161 e. The fourth-order valence-corrected chi connectivity index (χ4v) is 3.49. The van der Waals surface area contributed by atoms with Crippen LogP contribution in [0.2, 0.25) is 0 Å². The number of H-pyrrole nitrogens is 1. The molecule has 3 aromatic rings. The summed E-state index contributed by atoms with van der Waals surface area (Å²) < 4.78 is 16.9. The Balaban J connectivity index is 1.36. The Bertz CT molecular complexity index is 961. The van der Waals surface area contributed by atoms with Crippen LogP contribution >= 0.6 is 0 Å². The van der Waals surface area contributed by atoms with Crippen LogP contribution in [0.25, 0.3) is 23.1 Å². The molecule has 2 aromatic carbocycles. The zero-order valence-electron chi connectivity index (χ0n) is 16.8. The van der Waals surface area contributed by atoms with Crippen LogP contribution in [0, 0.1) is 0 Å². The summed E-state index contributed by atoms with van der Waals surface area (Å²) in [5, 5.41) is 8.54. The van der Waals surface area contributed by atoms with E-state index < -0.39 is 0 Å². The molecule has 2 heterocycles. The highest BCUT2D eigenvalue weighted by Crippen LogP contribution is 2.29. The van der Waals surface area contributed by atoms with Gasteiger partial charge in [-0.1, -0.05) is 30.3 Å². The number of rotatable bonds is 8. The van der Waals surface area contributed by atoms with Crippen molar-refractivity contribution in [3.8, 4) is 11.5 Å². The van der Waals surface area contributed by atoms with E-state index in [-0.39, 0.29) is 0 Å². The number of hydrogen-bond donors (Lipinski definition) is 1. The van der Waals surface area contributed by atoms with Crippen molar-refractivity contribution in [3.63, 3.8) is 0 Å². The normalized spacial score (nSPS) is 15.2. The minimum atomic E-state index is 0.669. The van der Waals surface area contributed by atoms with Crippen LogP contribution in [-0.2, 0) is 4.74 Å². The fourth-order valence-electron chi connectivity index (χ4n) is 3.49. The first kappa shape index (κ1) is 19.5. The highest BCUT2D eigenvalue weighted by atomic mass is 16.5. The lowest BCUT2D eigenvalue weighted by molar-refractivity contribution is 0.0357. The van der Waals surface area contributed by atoms with E-state index in [1.807, 2.05) is 48.6 Å². The Kier molecular flexibility index (Phi) is 6.44. The van der Waals surface area contributed by atoms with Gasteiger partial charge in [-0.2, -0.15) is 5.10 Å². The van der Waals surface area contributed by atoms with Crippen molar-refractivity contribution in [3.05, 3.63) is 53.7 Å². The van der Waals surface area contributed by atoms with Gasteiger partial charge >= 0.3 is 0 Å². The van der Waals surface area contributed by atoms with Gasteiger partial charge in [0.2, 0.25) is 0 Å². The molecule has 0 unspecified atom stereocenters. The van der Waals surface area contributed by atoms with Gasteiger partial charge in [-0.3, -0.25) is 10.00 Å². The van der Waals surface area contributed by atoms with Gasteiger partial charge in [0.25, 0.3) is 0 Å². The van der Waals surface area contributed by atoms with Crippen molar-refractivity contribution in [1.82, 2.24) is 15.1 Å². The van der Waals surface area contributed by atoms with Gasteiger partial charge in [-0.25, -0.2) is 0 Å². The van der Waals surface area contributed by atoms with Gasteiger partial charge in [0.1, 0.15) is 0 Å². The number of para-hydroxylation sites is 1. The molecule has 0 spiro atoms. The standard InChI is InChI=1S/C23H27N3O3/c1-27-23-17-18(7-9-21-19-5-2-3-6-20(19)24-25-21)8-10-22(23)29-14-4-11-26-12-15-28-16-13-26/h2-3,5-10,17H,4,11-16H2,1H3,(H,24,25)/b9-7+. The van der Waals surface area contributed by atoms with Crippen LogP contribution < -0.4 is 9.47 Å². The Morgan fingerprint density at radius 3 is 2.83 bits per heavy atom. The molecule has 0 amide bonds. The maximum Gasteiger partial charge on any atom is 0.161 e. The number of hydrogen-bond acceptors (Lipinski definition) is 5. The lowest BCUT2D eigenvalue weighted by Gasteiger charge is -2.26. The molecule has 0 saturated carbocycles. The van der Waals surface area contributed by atoms with Crippen LogP contribution in [0.3, 0.4) is 0 Å². The molecule has 1 aliphatic heterocycles. The maximum atomic E-state index is 5.96. The van der Waals surface area contributed by atoms with Crippen molar-refractivity contribution in [1.29, 1.82) is 0 Å². The molecule has 29 heavy (non-hydrogen) atoms. The maximum absolute atomic E-state index is 5.96. The summed E-state index contributed by atoms with van der Waals surface area (Å²) in [6, 6.07) is 14.1. The molecule has 0 aliphatic carbocycles. The number of nitrogens with one attached hydrogen (secondary N) is 1. The van der Waals surface area contributed by atoms with Gasteiger partial charge in [0, 0.05) is 25.0 Å². The van der Waals surface area contributed by atoms with Crippen molar-refractivity contribution >= 4 is 23.1 Å². The van der Waals surface area contributed by atoms with E-state index in [0.717, 1.165) is 72.9 Å². The highest BCUT2D eigenvalue weighted by Gasteiger charge is 2.10. The molecule has 6 heteroatoms. The molecule has 1 aromatic heterocycles. The molecular formula is C23H27N3O3. The van der Waals surface area contributed by atoms with Gasteiger partial charge in [0.05, 0.1) is 38.1 Å². The molecule has 0 bridgehead atoms. The number of ether oxygens (including phenoxy) is 3. The van der Waals surface area contributed by atoms with Crippen LogP contribution in [0.1, 0.15) is 17.7 Å². The monoisotopic (exact) mass is 393 g/mol. The van der Waals surface area contributed by atoms with Crippen LogP contribution in [0.15, 0.2) is 42.5 Å². The van der Waals surface area contributed by atoms with Crippen LogP contribution in [0.4, 0.5) is 0 Å². The van der Waals surface area contributed by atoms with Crippen LogP contribution in [-0.4, -0.2) is 61.7 Å². The number of benzene rings is 2. The third kappa shape index (κ3) is 4.96. The first-order valence-corrected chi connectivity index (χ1v) is 10.1. The fraction of sp³-hybridized carbons (Fsp3) is 0.348. The largest absolute Gasteiger partial charge is 0.493 e. The second-order valence-electron chi connectivity index (χ2n) is 7.05. The van der Waals surface area contributed by atoms with Crippen LogP contribution in [0.5, 0.6) is 11.5 Å². The van der Waals surface area contributed by atoms with E-state index in [0.29, 0.717) is 6.61 Å². The Labute approximate surface area is 171 Å². The molecule has 6 nitrogen and oxygen atoms in total. The lowest BCUT2D eigenvalue weighted by Crippen LogP contribution is -2.37. The first-order valence-electron chi connectivity index (χ1n) is 10.1. The second-order valence-corrected chi connectivity index (χ2v) is 7.05. The predicted molar refractivity (Wildman–Crippen MR) is 115 cm³/mol.